The van der Waals surface area contributed by atoms with E-state index in [1.54, 1.807) is 18.2 Å². The standard InChI is InChI=1S/C13H13ClN4O3/c1-8-11(18(19)20)12(16-13(14)15-8)21-10-6-4-5-9(7-10)17(2)3/h4-7H,1-3H3. The van der Waals surface area contributed by atoms with Crippen LogP contribution in [0.3, 0.4) is 0 Å². The average Bonchev–Trinajstić information content (AvgIpc) is 2.37. The van der Waals surface area contributed by atoms with Crippen molar-refractivity contribution in [2.24, 2.45) is 0 Å². The largest absolute Gasteiger partial charge is 0.433 e. The predicted octanol–water partition coefficient (Wildman–Crippen LogP) is 3.20. The van der Waals surface area contributed by atoms with Gasteiger partial charge < -0.3 is 9.64 Å². The van der Waals surface area contributed by atoms with Gasteiger partial charge in [0.25, 0.3) is 0 Å². The highest BCUT2D eigenvalue weighted by Crippen LogP contribution is 2.33. The Bertz CT molecular complexity index is 691. The van der Waals surface area contributed by atoms with Gasteiger partial charge >= 0.3 is 11.6 Å². The second-order valence-corrected chi connectivity index (χ2v) is 4.82. The maximum atomic E-state index is 11.1. The number of aromatic nitrogens is 2. The average molecular weight is 309 g/mol. The van der Waals surface area contributed by atoms with Crippen molar-refractivity contribution in [3.63, 3.8) is 0 Å². The van der Waals surface area contributed by atoms with E-state index in [1.165, 1.54) is 6.92 Å². The summed E-state index contributed by atoms with van der Waals surface area (Å²) in [4.78, 5) is 20.0. The lowest BCUT2D eigenvalue weighted by Gasteiger charge is -2.13. The summed E-state index contributed by atoms with van der Waals surface area (Å²) in [6, 6.07) is 7.10. The Kier molecular flexibility index (Phi) is 4.23. The van der Waals surface area contributed by atoms with E-state index in [2.05, 4.69) is 9.97 Å². The summed E-state index contributed by atoms with van der Waals surface area (Å²) < 4.78 is 5.52. The van der Waals surface area contributed by atoms with E-state index < -0.39 is 4.92 Å². The molecule has 0 bridgehead atoms. The molecule has 0 aliphatic heterocycles. The van der Waals surface area contributed by atoms with E-state index in [1.807, 2.05) is 25.1 Å². The minimum Gasteiger partial charge on any atom is -0.433 e. The van der Waals surface area contributed by atoms with Crippen LogP contribution in [-0.4, -0.2) is 29.0 Å². The molecule has 0 atom stereocenters. The first kappa shape index (κ1) is 15.0. The quantitative estimate of drug-likeness (QED) is 0.490. The monoisotopic (exact) mass is 308 g/mol. The van der Waals surface area contributed by atoms with E-state index >= 15 is 0 Å². The van der Waals surface area contributed by atoms with Gasteiger partial charge in [0.15, 0.2) is 0 Å². The van der Waals surface area contributed by atoms with Gasteiger partial charge in [0.1, 0.15) is 11.4 Å². The normalized spacial score (nSPS) is 10.3. The fourth-order valence-electron chi connectivity index (χ4n) is 1.73. The molecular formula is C13H13ClN4O3. The highest BCUT2D eigenvalue weighted by atomic mass is 35.5. The summed E-state index contributed by atoms with van der Waals surface area (Å²) in [5.41, 5.74) is 0.750. The number of anilines is 1. The Morgan fingerprint density at radius 2 is 2.05 bits per heavy atom. The number of ether oxygens (including phenoxy) is 1. The zero-order valence-corrected chi connectivity index (χ0v) is 12.5. The van der Waals surface area contributed by atoms with E-state index in [0.29, 0.717) is 5.75 Å². The van der Waals surface area contributed by atoms with Gasteiger partial charge in [-0.1, -0.05) is 6.07 Å². The van der Waals surface area contributed by atoms with E-state index in [4.69, 9.17) is 16.3 Å². The van der Waals surface area contributed by atoms with Gasteiger partial charge in [0.05, 0.1) is 4.92 Å². The smallest absolute Gasteiger partial charge is 0.352 e. The first-order chi connectivity index (χ1) is 9.88. The number of nitrogens with zero attached hydrogens (tertiary/aromatic N) is 4. The third-order valence-corrected chi connectivity index (χ3v) is 2.90. The molecule has 0 amide bonds. The third-order valence-electron chi connectivity index (χ3n) is 2.73. The molecule has 1 heterocycles. The van der Waals surface area contributed by atoms with Gasteiger partial charge in [-0.2, -0.15) is 4.98 Å². The molecule has 110 valence electrons. The molecule has 0 fully saturated rings. The number of aryl methyl sites for hydroxylation is 1. The van der Waals surface area contributed by atoms with Crippen LogP contribution in [0, 0.1) is 17.0 Å². The van der Waals surface area contributed by atoms with Crippen LogP contribution in [0.4, 0.5) is 11.4 Å². The van der Waals surface area contributed by atoms with Gasteiger partial charge in [0, 0.05) is 25.8 Å². The first-order valence-electron chi connectivity index (χ1n) is 6.02. The van der Waals surface area contributed by atoms with Crippen molar-refractivity contribution in [3.8, 4) is 11.6 Å². The summed E-state index contributed by atoms with van der Waals surface area (Å²) in [5.74, 6) is 0.256. The van der Waals surface area contributed by atoms with Crippen LogP contribution in [-0.2, 0) is 0 Å². The highest BCUT2D eigenvalue weighted by Gasteiger charge is 2.23. The van der Waals surface area contributed by atoms with Crippen LogP contribution in [0.1, 0.15) is 5.69 Å². The molecule has 0 aliphatic rings. The summed E-state index contributed by atoms with van der Waals surface area (Å²) in [6.07, 6.45) is 0. The lowest BCUT2D eigenvalue weighted by molar-refractivity contribution is -0.386. The minimum absolute atomic E-state index is 0.100. The van der Waals surface area contributed by atoms with Crippen molar-refractivity contribution in [1.82, 2.24) is 9.97 Å². The van der Waals surface area contributed by atoms with Gasteiger partial charge in [-0.3, -0.25) is 10.1 Å². The van der Waals surface area contributed by atoms with Crippen molar-refractivity contribution in [1.29, 1.82) is 0 Å². The second-order valence-electron chi connectivity index (χ2n) is 4.48. The fourth-order valence-corrected chi connectivity index (χ4v) is 1.93. The fraction of sp³-hybridized carbons (Fsp3) is 0.231. The molecule has 0 saturated heterocycles. The Labute approximate surface area is 126 Å². The van der Waals surface area contributed by atoms with Crippen molar-refractivity contribution < 1.29 is 9.66 Å². The molecule has 1 aromatic carbocycles. The summed E-state index contributed by atoms with van der Waals surface area (Å²) in [6.45, 7) is 1.48. The van der Waals surface area contributed by atoms with Crippen molar-refractivity contribution >= 4 is 23.0 Å². The molecule has 0 unspecified atom stereocenters. The number of halogens is 1. The van der Waals surface area contributed by atoms with Crippen molar-refractivity contribution in [2.75, 3.05) is 19.0 Å². The number of nitro groups is 1. The molecule has 0 radical (unpaired) electrons. The number of rotatable bonds is 4. The second kappa shape index (κ2) is 5.92. The Morgan fingerprint density at radius 1 is 1.33 bits per heavy atom. The molecule has 2 aromatic rings. The van der Waals surface area contributed by atoms with Crippen LogP contribution in [0.5, 0.6) is 11.6 Å². The lowest BCUT2D eigenvalue weighted by atomic mass is 10.3. The minimum atomic E-state index is -0.587. The van der Waals surface area contributed by atoms with Gasteiger partial charge in [-0.25, -0.2) is 4.98 Å². The van der Waals surface area contributed by atoms with Crippen molar-refractivity contribution in [3.05, 3.63) is 45.4 Å². The topological polar surface area (TPSA) is 81.4 Å². The molecule has 1 aromatic heterocycles. The zero-order valence-electron chi connectivity index (χ0n) is 11.7. The maximum absolute atomic E-state index is 11.1. The van der Waals surface area contributed by atoms with Crippen LogP contribution in [0.15, 0.2) is 24.3 Å². The first-order valence-corrected chi connectivity index (χ1v) is 6.40. The molecule has 0 spiro atoms. The van der Waals surface area contributed by atoms with Crippen LogP contribution >= 0.6 is 11.6 Å². The van der Waals surface area contributed by atoms with Gasteiger partial charge in [-0.05, 0) is 30.7 Å². The van der Waals surface area contributed by atoms with E-state index in [0.717, 1.165) is 5.69 Å². The molecule has 0 aliphatic carbocycles. The summed E-state index contributed by atoms with van der Waals surface area (Å²) in [7, 11) is 3.76. The van der Waals surface area contributed by atoms with E-state index in [9.17, 15) is 10.1 Å². The zero-order chi connectivity index (χ0) is 15.6. The lowest BCUT2D eigenvalue weighted by Crippen LogP contribution is -2.08. The highest BCUT2D eigenvalue weighted by molar-refractivity contribution is 6.28. The predicted molar refractivity (Wildman–Crippen MR) is 79.3 cm³/mol. The SMILES string of the molecule is Cc1nc(Cl)nc(Oc2cccc(N(C)C)c2)c1[N+](=O)[O-]. The Hall–Kier alpha value is -2.41. The van der Waals surface area contributed by atoms with Crippen LogP contribution in [0.2, 0.25) is 5.28 Å². The van der Waals surface area contributed by atoms with Crippen LogP contribution < -0.4 is 9.64 Å². The van der Waals surface area contributed by atoms with Gasteiger partial charge in [0.2, 0.25) is 5.28 Å². The van der Waals surface area contributed by atoms with E-state index in [-0.39, 0.29) is 22.5 Å². The summed E-state index contributed by atoms with van der Waals surface area (Å²) in [5, 5.41) is 11.0. The number of benzene rings is 1. The molecule has 0 saturated carbocycles. The number of hydrogen-bond acceptors (Lipinski definition) is 6. The molecule has 2 rings (SSSR count). The third kappa shape index (κ3) is 3.38. The Balaban J connectivity index is 2.44. The molecular weight excluding hydrogens is 296 g/mol. The van der Waals surface area contributed by atoms with Crippen molar-refractivity contribution in [2.45, 2.75) is 6.92 Å². The number of hydrogen-bond donors (Lipinski definition) is 0. The molecule has 7 nitrogen and oxygen atoms in total. The maximum Gasteiger partial charge on any atom is 0.352 e. The van der Waals surface area contributed by atoms with Gasteiger partial charge in [-0.15, -0.1) is 0 Å². The summed E-state index contributed by atoms with van der Waals surface area (Å²) >= 11 is 5.74. The Morgan fingerprint density at radius 3 is 2.67 bits per heavy atom. The molecule has 0 N–H and O–H groups in total. The molecule has 21 heavy (non-hydrogen) atoms. The van der Waals surface area contributed by atoms with Crippen LogP contribution in [0.25, 0.3) is 0 Å². The molecule has 8 heteroatoms.